The van der Waals surface area contributed by atoms with Crippen LogP contribution in [0.2, 0.25) is 0 Å². The molecule has 0 spiro atoms. The highest BCUT2D eigenvalue weighted by molar-refractivity contribution is 9.11. The van der Waals surface area contributed by atoms with Gasteiger partial charge in [0.25, 0.3) is 0 Å². The van der Waals surface area contributed by atoms with Crippen molar-refractivity contribution in [3.63, 3.8) is 0 Å². The molecule has 2 N–H and O–H groups in total. The maximum atomic E-state index is 12.2. The van der Waals surface area contributed by atoms with Crippen molar-refractivity contribution in [3.05, 3.63) is 14.7 Å². The predicted octanol–water partition coefficient (Wildman–Crippen LogP) is 2.70. The van der Waals surface area contributed by atoms with Crippen LogP contribution in [0.4, 0.5) is 0 Å². The van der Waals surface area contributed by atoms with Gasteiger partial charge in [0, 0.05) is 18.0 Å². The van der Waals surface area contributed by atoms with Crippen molar-refractivity contribution in [2.24, 2.45) is 5.92 Å². The Morgan fingerprint density at radius 2 is 2.21 bits per heavy atom. The second kappa shape index (κ2) is 6.67. The molecule has 0 amide bonds. The van der Waals surface area contributed by atoms with E-state index >= 15 is 0 Å². The lowest BCUT2D eigenvalue weighted by Crippen LogP contribution is -2.24. The van der Waals surface area contributed by atoms with E-state index in [1.807, 2.05) is 7.05 Å². The quantitative estimate of drug-likeness (QED) is 0.695. The first-order valence-electron chi connectivity index (χ1n) is 6.45. The Kier molecular flexibility index (Phi) is 5.42. The van der Waals surface area contributed by atoms with Gasteiger partial charge < -0.3 is 5.32 Å². The third-order valence-electron chi connectivity index (χ3n) is 3.13. The molecule has 0 aromatic carbocycles. The number of hydrogen-bond donors (Lipinski definition) is 2. The fourth-order valence-corrected chi connectivity index (χ4v) is 5.69. The number of halogens is 1. The Hall–Kier alpha value is 0.0500. The topological polar surface area (TPSA) is 58.2 Å². The van der Waals surface area contributed by atoms with Crippen LogP contribution in [-0.4, -0.2) is 22.0 Å². The van der Waals surface area contributed by atoms with E-state index in [-0.39, 0.29) is 0 Å². The van der Waals surface area contributed by atoms with E-state index in [4.69, 9.17) is 0 Å². The van der Waals surface area contributed by atoms with Gasteiger partial charge in [-0.3, -0.25) is 0 Å². The zero-order valence-corrected chi connectivity index (χ0v) is 14.1. The number of nitrogens with one attached hydrogen (secondary N) is 2. The van der Waals surface area contributed by atoms with E-state index in [1.165, 1.54) is 24.2 Å². The van der Waals surface area contributed by atoms with E-state index in [1.54, 1.807) is 6.07 Å². The minimum Gasteiger partial charge on any atom is -0.315 e. The monoisotopic (exact) mass is 366 g/mol. The van der Waals surface area contributed by atoms with Gasteiger partial charge in [-0.1, -0.05) is 12.8 Å². The summed E-state index contributed by atoms with van der Waals surface area (Å²) >= 11 is 4.79. The van der Waals surface area contributed by atoms with Crippen LogP contribution in [0.25, 0.3) is 0 Å². The van der Waals surface area contributed by atoms with Crippen LogP contribution in [0.5, 0.6) is 0 Å². The third-order valence-corrected chi connectivity index (χ3v) is 6.84. The summed E-state index contributed by atoms with van der Waals surface area (Å²) in [7, 11) is -1.54. The molecule has 7 heteroatoms. The first-order chi connectivity index (χ1) is 9.03. The first kappa shape index (κ1) is 15.4. The van der Waals surface area contributed by atoms with Gasteiger partial charge in [0.2, 0.25) is 10.0 Å². The number of thiophene rings is 1. The minimum atomic E-state index is -3.38. The summed E-state index contributed by atoms with van der Waals surface area (Å²) in [6.07, 6.45) is 4.69. The van der Waals surface area contributed by atoms with Gasteiger partial charge in [-0.05, 0) is 47.8 Å². The molecular formula is C12H19BrN2O2S2. The van der Waals surface area contributed by atoms with Crippen LogP contribution >= 0.6 is 27.3 Å². The van der Waals surface area contributed by atoms with Crippen molar-refractivity contribution >= 4 is 37.3 Å². The van der Waals surface area contributed by atoms with E-state index in [2.05, 4.69) is 26.0 Å². The summed E-state index contributed by atoms with van der Waals surface area (Å²) < 4.78 is 27.7. The lowest BCUT2D eigenvalue weighted by Gasteiger charge is -2.05. The van der Waals surface area contributed by atoms with Crippen molar-refractivity contribution in [3.8, 4) is 0 Å². The molecule has 1 aromatic rings. The Morgan fingerprint density at radius 1 is 1.47 bits per heavy atom. The highest BCUT2D eigenvalue weighted by Crippen LogP contribution is 2.33. The zero-order chi connectivity index (χ0) is 13.9. The largest absolute Gasteiger partial charge is 0.315 e. The van der Waals surface area contributed by atoms with Gasteiger partial charge >= 0.3 is 0 Å². The highest BCUT2D eigenvalue weighted by Gasteiger charge is 2.22. The van der Waals surface area contributed by atoms with Gasteiger partial charge in [-0.15, -0.1) is 11.3 Å². The fourth-order valence-electron chi connectivity index (χ4n) is 1.92. The van der Waals surface area contributed by atoms with E-state index in [9.17, 15) is 8.42 Å². The summed E-state index contributed by atoms with van der Waals surface area (Å²) in [5, 5.41) is 3.02. The molecule has 1 aromatic heterocycles. The van der Waals surface area contributed by atoms with Crippen molar-refractivity contribution in [1.29, 1.82) is 0 Å². The lowest BCUT2D eigenvalue weighted by molar-refractivity contribution is 0.572. The molecule has 2 rings (SSSR count). The lowest BCUT2D eigenvalue weighted by atomic mass is 10.2. The summed E-state index contributed by atoms with van der Waals surface area (Å²) in [6, 6.07) is 1.73. The molecule has 0 unspecified atom stereocenters. The fraction of sp³-hybridized carbons (Fsp3) is 0.667. The first-order valence-corrected chi connectivity index (χ1v) is 9.54. The van der Waals surface area contributed by atoms with Crippen LogP contribution in [-0.2, 0) is 16.6 Å². The minimum absolute atomic E-state index is 0.356. The van der Waals surface area contributed by atoms with Crippen molar-refractivity contribution in [2.45, 2.75) is 37.1 Å². The molecule has 0 atom stereocenters. The summed E-state index contributed by atoms with van der Waals surface area (Å²) in [5.41, 5.74) is 0. The Bertz CT molecular complexity index is 524. The van der Waals surface area contributed by atoms with Crippen LogP contribution in [0, 0.1) is 5.92 Å². The Labute approximate surface area is 127 Å². The summed E-state index contributed by atoms with van der Waals surface area (Å²) in [4.78, 5) is 1.36. The standard InChI is InChI=1S/C12H19BrN2O2S2/c1-14-8-10-7-11(12(13)18-10)19(16,17)15-6-2-3-9-4-5-9/h7,9,14-15H,2-6,8H2,1H3. The van der Waals surface area contributed by atoms with Crippen LogP contribution in [0.1, 0.15) is 30.6 Å². The molecule has 0 bridgehead atoms. The smallest absolute Gasteiger partial charge is 0.242 e. The predicted molar refractivity (Wildman–Crippen MR) is 81.9 cm³/mol. The molecule has 1 saturated carbocycles. The van der Waals surface area contributed by atoms with Crippen LogP contribution in [0.15, 0.2) is 14.7 Å². The maximum absolute atomic E-state index is 12.2. The Balaban J connectivity index is 1.93. The molecule has 0 saturated heterocycles. The molecule has 108 valence electrons. The molecule has 1 aliphatic rings. The molecule has 1 fully saturated rings. The summed E-state index contributed by atoms with van der Waals surface area (Å²) in [5.74, 6) is 0.847. The number of hydrogen-bond acceptors (Lipinski definition) is 4. The normalized spacial score (nSPS) is 15.9. The maximum Gasteiger partial charge on any atom is 0.242 e. The Morgan fingerprint density at radius 3 is 2.84 bits per heavy atom. The molecular weight excluding hydrogens is 348 g/mol. The van der Waals surface area contributed by atoms with E-state index < -0.39 is 10.0 Å². The van der Waals surface area contributed by atoms with Gasteiger partial charge in [0.05, 0.1) is 3.79 Å². The van der Waals surface area contributed by atoms with Gasteiger partial charge in [0.1, 0.15) is 4.90 Å². The van der Waals surface area contributed by atoms with Crippen LogP contribution in [0.3, 0.4) is 0 Å². The van der Waals surface area contributed by atoms with Gasteiger partial charge in [-0.25, -0.2) is 13.1 Å². The van der Waals surface area contributed by atoms with Crippen LogP contribution < -0.4 is 10.0 Å². The molecule has 1 aliphatic carbocycles. The summed E-state index contributed by atoms with van der Waals surface area (Å²) in [6.45, 7) is 1.21. The average Bonchev–Trinajstić information content (AvgIpc) is 3.09. The molecule has 19 heavy (non-hydrogen) atoms. The molecule has 4 nitrogen and oxygen atoms in total. The van der Waals surface area contributed by atoms with Crippen molar-refractivity contribution < 1.29 is 8.42 Å². The van der Waals surface area contributed by atoms with Crippen molar-refractivity contribution in [2.75, 3.05) is 13.6 Å². The van der Waals surface area contributed by atoms with E-state index in [0.29, 0.717) is 21.8 Å². The average molecular weight is 367 g/mol. The highest BCUT2D eigenvalue weighted by atomic mass is 79.9. The number of rotatable bonds is 8. The SMILES string of the molecule is CNCc1cc(S(=O)(=O)NCCCC2CC2)c(Br)s1. The molecule has 1 heterocycles. The zero-order valence-electron chi connectivity index (χ0n) is 10.9. The van der Waals surface area contributed by atoms with Crippen molar-refractivity contribution in [1.82, 2.24) is 10.0 Å². The molecule has 0 aliphatic heterocycles. The van der Waals surface area contributed by atoms with E-state index in [0.717, 1.165) is 23.6 Å². The second-order valence-corrected chi connectivity index (χ2v) is 9.05. The second-order valence-electron chi connectivity index (χ2n) is 4.86. The molecule has 0 radical (unpaired) electrons. The number of sulfonamides is 1. The van der Waals surface area contributed by atoms with Gasteiger partial charge in [-0.2, -0.15) is 0 Å². The van der Waals surface area contributed by atoms with Gasteiger partial charge in [0.15, 0.2) is 0 Å². The third kappa shape index (κ3) is 4.53.